The second-order valence-corrected chi connectivity index (χ2v) is 6.89. The Hall–Kier alpha value is -1.72. The van der Waals surface area contributed by atoms with Crippen molar-refractivity contribution < 1.29 is 9.52 Å². The van der Waals surface area contributed by atoms with Crippen molar-refractivity contribution in [3.8, 4) is 11.5 Å². The van der Waals surface area contributed by atoms with E-state index in [1.165, 1.54) is 32.1 Å². The van der Waals surface area contributed by atoms with Crippen molar-refractivity contribution in [1.82, 2.24) is 15.1 Å². The molecule has 1 aromatic carbocycles. The van der Waals surface area contributed by atoms with E-state index in [0.29, 0.717) is 30.9 Å². The fraction of sp³-hybridized carbons (Fsp3) is 0.579. The van der Waals surface area contributed by atoms with Crippen LogP contribution in [0.1, 0.15) is 50.5 Å². The third-order valence-corrected chi connectivity index (χ3v) is 4.77. The topological polar surface area (TPSA) is 62.4 Å². The van der Waals surface area contributed by atoms with E-state index in [1.807, 2.05) is 38.1 Å². The van der Waals surface area contributed by atoms with Gasteiger partial charge in [-0.1, -0.05) is 37.5 Å². The highest BCUT2D eigenvalue weighted by Gasteiger charge is 2.24. The number of nitrogens with zero attached hydrogens (tertiary/aromatic N) is 3. The number of rotatable bonds is 6. The maximum Gasteiger partial charge on any atom is 0.248 e. The normalized spacial score (nSPS) is 17.3. The number of aromatic nitrogens is 2. The Balaban J connectivity index is 1.74. The molecule has 1 fully saturated rings. The SMILES string of the molecule is Cc1ccccc1-c1nnc(CN(CC(C)O)C2CCCCC2)o1. The van der Waals surface area contributed by atoms with Crippen molar-refractivity contribution in [2.24, 2.45) is 0 Å². The molecule has 0 spiro atoms. The lowest BCUT2D eigenvalue weighted by molar-refractivity contribution is 0.0706. The monoisotopic (exact) mass is 329 g/mol. The Morgan fingerprint density at radius 1 is 1.21 bits per heavy atom. The zero-order chi connectivity index (χ0) is 16.9. The van der Waals surface area contributed by atoms with Crippen LogP contribution in [0.2, 0.25) is 0 Å². The summed E-state index contributed by atoms with van der Waals surface area (Å²) in [6.07, 6.45) is 5.86. The van der Waals surface area contributed by atoms with E-state index in [9.17, 15) is 5.11 Å². The molecule has 0 aliphatic heterocycles. The maximum absolute atomic E-state index is 9.84. The third kappa shape index (κ3) is 4.22. The average molecular weight is 329 g/mol. The standard InChI is InChI=1S/C19H27N3O2/c1-14-8-6-7-11-17(14)19-21-20-18(24-19)13-22(12-15(2)23)16-9-4-3-5-10-16/h6-8,11,15-16,23H,3-5,9-10,12-13H2,1-2H3. The van der Waals surface area contributed by atoms with Crippen molar-refractivity contribution in [2.45, 2.75) is 64.6 Å². The number of benzene rings is 1. The molecule has 1 saturated carbocycles. The summed E-state index contributed by atoms with van der Waals surface area (Å²) in [5.74, 6) is 1.20. The summed E-state index contributed by atoms with van der Waals surface area (Å²) in [7, 11) is 0. The molecule has 130 valence electrons. The first-order valence-electron chi connectivity index (χ1n) is 8.94. The first-order chi connectivity index (χ1) is 11.6. The van der Waals surface area contributed by atoms with Crippen LogP contribution in [0.15, 0.2) is 28.7 Å². The van der Waals surface area contributed by atoms with E-state index >= 15 is 0 Å². The van der Waals surface area contributed by atoms with Crippen LogP contribution in [0, 0.1) is 6.92 Å². The van der Waals surface area contributed by atoms with E-state index in [1.54, 1.807) is 0 Å². The average Bonchev–Trinajstić information content (AvgIpc) is 3.03. The summed E-state index contributed by atoms with van der Waals surface area (Å²) in [5.41, 5.74) is 2.11. The fourth-order valence-corrected chi connectivity index (χ4v) is 3.54. The quantitative estimate of drug-likeness (QED) is 0.878. The van der Waals surface area contributed by atoms with Gasteiger partial charge in [-0.15, -0.1) is 10.2 Å². The fourth-order valence-electron chi connectivity index (χ4n) is 3.54. The van der Waals surface area contributed by atoms with Gasteiger partial charge in [0.1, 0.15) is 0 Å². The smallest absolute Gasteiger partial charge is 0.248 e. The molecular weight excluding hydrogens is 302 g/mol. The summed E-state index contributed by atoms with van der Waals surface area (Å²) in [5, 5.41) is 18.3. The van der Waals surface area contributed by atoms with Gasteiger partial charge in [-0.2, -0.15) is 0 Å². The van der Waals surface area contributed by atoms with Crippen molar-refractivity contribution in [3.05, 3.63) is 35.7 Å². The molecule has 1 aliphatic rings. The number of aliphatic hydroxyl groups excluding tert-OH is 1. The van der Waals surface area contributed by atoms with Crippen LogP contribution in [0.25, 0.3) is 11.5 Å². The van der Waals surface area contributed by atoms with Gasteiger partial charge >= 0.3 is 0 Å². The molecule has 1 unspecified atom stereocenters. The molecule has 1 heterocycles. The van der Waals surface area contributed by atoms with Crippen LogP contribution in [-0.4, -0.2) is 38.9 Å². The highest BCUT2D eigenvalue weighted by Crippen LogP contribution is 2.26. The first-order valence-corrected chi connectivity index (χ1v) is 8.94. The van der Waals surface area contributed by atoms with Crippen LogP contribution in [0.5, 0.6) is 0 Å². The number of hydrogen-bond acceptors (Lipinski definition) is 5. The van der Waals surface area contributed by atoms with Gasteiger partial charge in [0, 0.05) is 18.2 Å². The molecular formula is C19H27N3O2. The molecule has 1 aliphatic carbocycles. The Kier molecular flexibility index (Phi) is 5.63. The molecule has 0 saturated heterocycles. The van der Waals surface area contributed by atoms with Crippen LogP contribution in [0.3, 0.4) is 0 Å². The van der Waals surface area contributed by atoms with Crippen LogP contribution < -0.4 is 0 Å². The van der Waals surface area contributed by atoms with Gasteiger partial charge in [0.15, 0.2) is 0 Å². The molecule has 24 heavy (non-hydrogen) atoms. The Morgan fingerprint density at radius 2 is 1.96 bits per heavy atom. The molecule has 0 radical (unpaired) electrons. The van der Waals surface area contributed by atoms with Gasteiger partial charge in [-0.05, 0) is 38.3 Å². The Morgan fingerprint density at radius 3 is 2.67 bits per heavy atom. The largest absolute Gasteiger partial charge is 0.419 e. The highest BCUT2D eigenvalue weighted by molar-refractivity contribution is 5.57. The van der Waals surface area contributed by atoms with Gasteiger partial charge in [-0.25, -0.2) is 0 Å². The molecule has 3 rings (SSSR count). The molecule has 1 aromatic heterocycles. The second-order valence-electron chi connectivity index (χ2n) is 6.89. The summed E-state index contributed by atoms with van der Waals surface area (Å²) in [6.45, 7) is 5.13. The van der Waals surface area contributed by atoms with Crippen LogP contribution in [-0.2, 0) is 6.54 Å². The van der Waals surface area contributed by atoms with Gasteiger partial charge < -0.3 is 9.52 Å². The molecule has 0 bridgehead atoms. The summed E-state index contributed by atoms with van der Waals surface area (Å²) < 4.78 is 5.91. The number of hydrogen-bond donors (Lipinski definition) is 1. The molecule has 5 heteroatoms. The number of aliphatic hydroxyl groups is 1. The summed E-state index contributed by atoms with van der Waals surface area (Å²) in [4.78, 5) is 2.30. The predicted octanol–water partition coefficient (Wildman–Crippen LogP) is 3.56. The highest BCUT2D eigenvalue weighted by atomic mass is 16.4. The zero-order valence-electron chi connectivity index (χ0n) is 14.6. The van der Waals surface area contributed by atoms with Crippen molar-refractivity contribution in [2.75, 3.05) is 6.54 Å². The van der Waals surface area contributed by atoms with E-state index in [0.717, 1.165) is 11.1 Å². The summed E-state index contributed by atoms with van der Waals surface area (Å²) >= 11 is 0. The van der Waals surface area contributed by atoms with E-state index < -0.39 is 0 Å². The molecule has 5 nitrogen and oxygen atoms in total. The molecule has 2 aromatic rings. The van der Waals surface area contributed by atoms with E-state index in [4.69, 9.17) is 4.42 Å². The van der Waals surface area contributed by atoms with Gasteiger partial charge in [0.05, 0.1) is 12.6 Å². The van der Waals surface area contributed by atoms with Gasteiger partial charge in [0.25, 0.3) is 0 Å². The molecule has 1 atom stereocenters. The van der Waals surface area contributed by atoms with Crippen molar-refractivity contribution >= 4 is 0 Å². The Labute approximate surface area is 143 Å². The van der Waals surface area contributed by atoms with Gasteiger partial charge in [-0.3, -0.25) is 4.90 Å². The lowest BCUT2D eigenvalue weighted by Gasteiger charge is -2.34. The Bertz CT molecular complexity index is 648. The lowest BCUT2D eigenvalue weighted by atomic mass is 9.94. The maximum atomic E-state index is 9.84. The molecule has 0 amide bonds. The first kappa shape index (κ1) is 17.1. The van der Waals surface area contributed by atoms with Crippen molar-refractivity contribution in [1.29, 1.82) is 0 Å². The van der Waals surface area contributed by atoms with Gasteiger partial charge in [0.2, 0.25) is 11.8 Å². The van der Waals surface area contributed by atoms with Crippen LogP contribution >= 0.6 is 0 Å². The summed E-state index contributed by atoms with van der Waals surface area (Å²) in [6, 6.07) is 8.53. The third-order valence-electron chi connectivity index (χ3n) is 4.77. The minimum atomic E-state index is -0.356. The van der Waals surface area contributed by atoms with E-state index in [2.05, 4.69) is 15.1 Å². The number of aryl methyl sites for hydroxylation is 1. The lowest BCUT2D eigenvalue weighted by Crippen LogP contribution is -2.40. The minimum Gasteiger partial charge on any atom is -0.419 e. The van der Waals surface area contributed by atoms with E-state index in [-0.39, 0.29) is 6.10 Å². The van der Waals surface area contributed by atoms with Crippen molar-refractivity contribution in [3.63, 3.8) is 0 Å². The minimum absolute atomic E-state index is 0.356. The zero-order valence-corrected chi connectivity index (χ0v) is 14.6. The predicted molar refractivity (Wildman–Crippen MR) is 93.4 cm³/mol. The molecule has 1 N–H and O–H groups in total. The second kappa shape index (κ2) is 7.90. The van der Waals surface area contributed by atoms with Crippen LogP contribution in [0.4, 0.5) is 0 Å².